The Morgan fingerprint density at radius 3 is 0.870 bits per heavy atom. The Morgan fingerprint density at radius 1 is 0.390 bits per heavy atom. The monoisotopic (exact) mass is 1980 g/mol. The smallest absolute Gasteiger partial charge is 0.380 e. The van der Waals surface area contributed by atoms with Crippen molar-refractivity contribution in [2.75, 3.05) is 71.2 Å². The highest BCUT2D eigenvalue weighted by molar-refractivity contribution is 8.24. The summed E-state index contributed by atoms with van der Waals surface area (Å²) < 4.78 is 210. The second kappa shape index (κ2) is 67.5. The third-order valence-electron chi connectivity index (χ3n) is 16.2. The molecule has 0 aliphatic heterocycles. The molecule has 706 valence electrons. The van der Waals surface area contributed by atoms with Gasteiger partial charge in [0.2, 0.25) is 63.9 Å². The number of carbonyl (C=O) groups excluding carboxylic acids is 3. The second-order valence-corrected chi connectivity index (χ2v) is 43.2. The van der Waals surface area contributed by atoms with Gasteiger partial charge in [-0.3, -0.25) is 32.6 Å². The van der Waals surface area contributed by atoms with Crippen molar-refractivity contribution in [3.05, 3.63) is 200 Å². The highest BCUT2D eigenvalue weighted by Crippen LogP contribution is 2.61. The van der Waals surface area contributed by atoms with Gasteiger partial charge >= 0.3 is 36.8 Å². The molecule has 0 saturated carbocycles. The first kappa shape index (κ1) is 127. The van der Waals surface area contributed by atoms with E-state index in [1.807, 2.05) is 93.6 Å². The summed E-state index contributed by atoms with van der Waals surface area (Å²) >= 11 is 30.3. The Bertz CT molecular complexity index is 4030. The van der Waals surface area contributed by atoms with Crippen LogP contribution in [0.5, 0.6) is 11.5 Å². The Labute approximate surface area is 755 Å². The minimum atomic E-state index is -4.63. The van der Waals surface area contributed by atoms with E-state index in [-0.39, 0.29) is 63.2 Å². The van der Waals surface area contributed by atoms with Crippen molar-refractivity contribution in [1.29, 1.82) is 0 Å². The van der Waals surface area contributed by atoms with Crippen LogP contribution < -0.4 is 10.3 Å². The van der Waals surface area contributed by atoms with E-state index in [1.165, 1.54) is 65.8 Å². The van der Waals surface area contributed by atoms with E-state index in [4.69, 9.17) is 82.0 Å². The fraction of sp³-hybridized carbons (Fsp3) is 0.524. The molecule has 0 heterocycles. The number of esters is 3. The third-order valence-corrected chi connectivity index (χ3v) is 21.4. The number of nitrogens with two attached hydrogens (primary N) is 1. The number of carbonyl (C=O) groups is 3. The molecule has 4 N–H and O–H groups in total. The number of benzene rings is 6. The highest BCUT2D eigenvalue weighted by Gasteiger charge is 2.38. The lowest BCUT2D eigenvalue weighted by Gasteiger charge is -2.23. The average molecular weight is 1980 g/mol. The molecule has 20 nitrogen and oxygen atoms in total. The number of nitrogens with zero attached hydrogens (tertiary/aromatic N) is 3. The molecule has 0 bridgehead atoms. The number of aryl methyl sites for hydroxylation is 4. The van der Waals surface area contributed by atoms with Crippen LogP contribution in [0.3, 0.4) is 0 Å². The molecule has 0 radical (unpaired) electrons. The van der Waals surface area contributed by atoms with Gasteiger partial charge in [-0.05, 0) is 247 Å². The molecule has 6 rings (SSSR count). The number of phenolic OH excluding ortho intramolecular Hbond substituents is 1. The summed E-state index contributed by atoms with van der Waals surface area (Å²) in [6, 6.07) is 29.3. The van der Waals surface area contributed by atoms with Crippen LogP contribution in [-0.4, -0.2) is 138 Å². The molecule has 1 unspecified atom stereocenters. The first-order chi connectivity index (χ1) is 56.4. The number of aliphatic hydroxyl groups is 1. The number of rotatable bonds is 31. The van der Waals surface area contributed by atoms with Gasteiger partial charge in [0, 0.05) is 0 Å². The van der Waals surface area contributed by atoms with E-state index in [9.17, 15) is 76.5 Å². The van der Waals surface area contributed by atoms with E-state index in [0.29, 0.717) is 5.56 Å². The SMILES string of the molecule is CC(C)OC(=O)[C@@H](C)N.CCN(CC)CC.CCN(CC)CC.CCN(CC)CC.Cc1ccccc1CO.Cc1ccccc1COP(=O)(Cl)C[C@H](C)C(=O)OC(C)C.Cc1ccccc1COP(=O)(Cl)Cl.Cc1ccccc1CO[P@@](=O)(C[C@H](C)C(=O)OC(C)C)Oc1c(F)c(F)c(F)c(F)c1F.Cl.O=P(Cl)(Cl)Cl.Oc1c(F)c(F)c(F)c(F)c1F. The van der Waals surface area contributed by atoms with Crippen LogP contribution in [0.2, 0.25) is 0 Å². The topological polar surface area (TPSA) is 260 Å². The van der Waals surface area contributed by atoms with Gasteiger partial charge in [0.05, 0.1) is 68.9 Å². The van der Waals surface area contributed by atoms with Crippen molar-refractivity contribution in [1.82, 2.24) is 14.7 Å². The van der Waals surface area contributed by atoms with Gasteiger partial charge < -0.3 is 58.4 Å². The first-order valence-corrected chi connectivity index (χ1v) is 51.0. The summed E-state index contributed by atoms with van der Waals surface area (Å²) in [4.78, 5) is 41.6. The van der Waals surface area contributed by atoms with E-state index < -0.39 is 137 Å². The van der Waals surface area contributed by atoms with Crippen LogP contribution >= 0.6 is 105 Å². The van der Waals surface area contributed by atoms with Crippen LogP contribution in [0.1, 0.15) is 169 Å². The number of hydrogen-bond donors (Lipinski definition) is 3. The van der Waals surface area contributed by atoms with Crippen molar-refractivity contribution in [3.8, 4) is 11.5 Å². The second-order valence-electron chi connectivity index (χ2n) is 26.9. The van der Waals surface area contributed by atoms with Gasteiger partial charge in [0.1, 0.15) is 6.04 Å². The van der Waals surface area contributed by atoms with Gasteiger partial charge in [0.15, 0.2) is 5.75 Å². The van der Waals surface area contributed by atoms with Gasteiger partial charge in [-0.15, -0.1) is 12.4 Å². The predicted molar refractivity (Wildman–Crippen MR) is 478 cm³/mol. The van der Waals surface area contributed by atoms with Crippen LogP contribution in [0, 0.1) is 97.7 Å². The van der Waals surface area contributed by atoms with E-state index >= 15 is 0 Å². The molecular formula is C82H123Cl7F10N4O16P4. The summed E-state index contributed by atoms with van der Waals surface area (Å²) in [6.45, 7) is 49.5. The lowest BCUT2D eigenvalue weighted by molar-refractivity contribution is -0.152. The van der Waals surface area contributed by atoms with Gasteiger partial charge in [-0.25, -0.2) is 30.9 Å². The number of ether oxygens (including phenoxy) is 3. The lowest BCUT2D eigenvalue weighted by Crippen LogP contribution is -2.30. The summed E-state index contributed by atoms with van der Waals surface area (Å²) in [5.74, 6) is -29.5. The normalized spacial score (nSPS) is 12.5. The largest absolute Gasteiger partial charge is 0.503 e. The van der Waals surface area contributed by atoms with Crippen LogP contribution in [-0.2, 0) is 86.9 Å². The maximum atomic E-state index is 14.1. The molecule has 123 heavy (non-hydrogen) atoms. The van der Waals surface area contributed by atoms with Crippen molar-refractivity contribution >= 4 is 123 Å². The number of halogens is 17. The standard InChI is InChI=1S/C21H22F5O5P.C15H22ClO4P.C8H9Cl2O2P.C8H10O.C6HF5O.C6H13NO2.3C6H15N.Cl3OP.ClH/c1-11(2)30-21(27)13(4)10-32(28,29-9-14-8-6-5-7-12(14)3)31-20-18(25)16(23)15(22)17(24)19(20)26;1-11(2)20-15(17)13(4)10-21(16,18)19-9-14-8-6-5-7-12(14)3;1-7-4-2-3-5-8(7)6-12-13(9,10)11;1-7-4-2-3-5-8(7)6-9;7-1-2(8)4(10)6(12)5(11)3(1)9;1-4(2)9-6(8)5(3)7;3*1-4-7(5-2)6-3;1-5(2,3)4;/h5-8,11,13H,9-10H2,1-4H3;5-8,11,13H,9-10H2,1-4H3;2-5H,6H2,1H3;2-5,9H,6H2,1H3;12H;4-5H,7H2,1-3H3;3*4-6H2,1-3H3;;1H/t13-,32-;13-,21?;;;;5-;;;;;/m00...1...../s1. The molecule has 0 aromatic heterocycles. The molecule has 6 aromatic rings. The summed E-state index contributed by atoms with van der Waals surface area (Å²) in [5.41, 5.74) is 12.6. The minimum absolute atomic E-state index is 0. The molecule has 6 aromatic carbocycles. The van der Waals surface area contributed by atoms with Crippen LogP contribution in [0.25, 0.3) is 0 Å². The van der Waals surface area contributed by atoms with Gasteiger partial charge in [0.25, 0.3) is 6.72 Å². The average Bonchev–Trinajstić information content (AvgIpc) is 0.775. The summed E-state index contributed by atoms with van der Waals surface area (Å²) in [7, 11) is -4.63. The molecule has 0 saturated heterocycles. The summed E-state index contributed by atoms with van der Waals surface area (Å²) in [5, 5.41) is 13.8. The maximum Gasteiger partial charge on any atom is 0.380 e. The molecule has 0 fully saturated rings. The Kier molecular flexibility index (Phi) is 69.5. The maximum absolute atomic E-state index is 14.1. The van der Waals surface area contributed by atoms with Crippen molar-refractivity contribution in [3.63, 3.8) is 0 Å². The van der Waals surface area contributed by atoms with Crippen molar-refractivity contribution < 1.29 is 119 Å². The minimum Gasteiger partial charge on any atom is -0.503 e. The third kappa shape index (κ3) is 57.7. The van der Waals surface area contributed by atoms with Crippen molar-refractivity contribution in [2.24, 2.45) is 17.6 Å². The van der Waals surface area contributed by atoms with Crippen LogP contribution in [0.4, 0.5) is 43.9 Å². The van der Waals surface area contributed by atoms with E-state index in [2.05, 4.69) is 111 Å². The molecule has 0 amide bonds. The fourth-order valence-electron chi connectivity index (χ4n) is 9.01. The number of aliphatic hydroxyl groups excluding tert-OH is 1. The number of phenols is 1. The summed E-state index contributed by atoms with van der Waals surface area (Å²) in [6.07, 6.45) is -4.95. The fourth-order valence-corrected chi connectivity index (χ4v) is 13.4. The Hall–Kier alpha value is -4.74. The molecule has 41 heteroatoms. The zero-order valence-corrected chi connectivity index (χ0v) is 82.5. The number of hydrogen-bond acceptors (Lipinski definition) is 20. The van der Waals surface area contributed by atoms with Gasteiger partial charge in [-0.2, -0.15) is 17.6 Å². The zero-order valence-electron chi connectivity index (χ0n) is 73.6. The quantitative estimate of drug-likeness (QED) is 0.00912. The molecule has 0 aliphatic carbocycles. The molecule has 0 spiro atoms. The number of aromatic hydroxyl groups is 1. The highest BCUT2D eigenvalue weighted by atomic mass is 36.0. The zero-order chi connectivity index (χ0) is 95.3. The van der Waals surface area contributed by atoms with E-state index in [1.54, 1.807) is 86.6 Å². The van der Waals surface area contributed by atoms with Gasteiger partial charge in [-0.1, -0.05) is 173 Å². The first-order valence-electron chi connectivity index (χ1n) is 38.7. The predicted octanol–water partition coefficient (Wildman–Crippen LogP) is 25.8. The lowest BCUT2D eigenvalue weighted by atomic mass is 10.1. The van der Waals surface area contributed by atoms with E-state index in [0.717, 1.165) is 38.9 Å². The molecule has 5 atom stereocenters. The molecule has 0 aliphatic rings. The molecular weight excluding hydrogens is 1860 g/mol. The van der Waals surface area contributed by atoms with Crippen LogP contribution in [0.15, 0.2) is 97.1 Å². The Balaban J connectivity index is -0.000000446. The Morgan fingerprint density at radius 2 is 0.634 bits per heavy atom. The van der Waals surface area contributed by atoms with Crippen molar-refractivity contribution in [2.45, 2.75) is 203 Å².